The average Bonchev–Trinajstić information content (AvgIpc) is 2.99. The van der Waals surface area contributed by atoms with E-state index >= 15 is 0 Å². The lowest BCUT2D eigenvalue weighted by Gasteiger charge is -2.37. The maximum absolute atomic E-state index is 10.2. The Labute approximate surface area is 167 Å². The summed E-state index contributed by atoms with van der Waals surface area (Å²) in [7, 11) is 3.21. The molecule has 2 radical (unpaired) electrons. The summed E-state index contributed by atoms with van der Waals surface area (Å²) in [6, 6.07) is 3.74. The number of hydrogen-bond donors (Lipinski definition) is 2. The average molecular weight is 390 g/mol. The molecule has 0 aliphatic carbocycles. The van der Waals surface area contributed by atoms with Gasteiger partial charge in [-0.15, -0.1) is 0 Å². The minimum Gasteiger partial charge on any atom is -0.427 e. The number of fused-ring (bicyclic) bond motifs is 1. The molecule has 0 bridgehead atoms. The molecule has 0 amide bonds. The first-order valence-electron chi connectivity index (χ1n) is 8.88. The van der Waals surface area contributed by atoms with Crippen LogP contribution in [0.2, 0.25) is 0 Å². The fraction of sp³-hybridized carbons (Fsp3) is 0.667. The Balaban J connectivity index is 2.20. The monoisotopic (exact) mass is 390 g/mol. The van der Waals surface area contributed by atoms with E-state index in [1.54, 1.807) is 42.7 Å². The first-order chi connectivity index (χ1) is 12.2. The van der Waals surface area contributed by atoms with Crippen LogP contribution in [0.15, 0.2) is 12.1 Å². The van der Waals surface area contributed by atoms with Crippen molar-refractivity contribution in [3.8, 4) is 0 Å². The second-order valence-electron chi connectivity index (χ2n) is 8.82. The third-order valence-electron chi connectivity index (χ3n) is 5.39. The SMILES string of the molecule is CC(C)(O)C(C)(C)O[B]c1ccc([B]OC(C)(C)C(C)(C)O)c2nsnc12. The molecule has 1 aromatic heterocycles. The van der Waals surface area contributed by atoms with Crippen LogP contribution in [0.5, 0.6) is 0 Å². The van der Waals surface area contributed by atoms with Gasteiger partial charge in [0.05, 0.1) is 34.1 Å². The highest BCUT2D eigenvalue weighted by molar-refractivity contribution is 7.00. The largest absolute Gasteiger partial charge is 0.427 e. The number of nitrogens with zero attached hydrogens (tertiary/aromatic N) is 2. The molecule has 6 nitrogen and oxygen atoms in total. The van der Waals surface area contributed by atoms with Gasteiger partial charge in [-0.25, -0.2) is 0 Å². The van der Waals surface area contributed by atoms with Crippen molar-refractivity contribution in [3.05, 3.63) is 12.1 Å². The van der Waals surface area contributed by atoms with Gasteiger partial charge < -0.3 is 19.5 Å². The quantitative estimate of drug-likeness (QED) is 0.662. The topological polar surface area (TPSA) is 84.7 Å². The summed E-state index contributed by atoms with van der Waals surface area (Å²) in [5, 5.41) is 20.5. The number of aliphatic hydroxyl groups is 2. The maximum atomic E-state index is 10.2. The number of rotatable bonds is 8. The zero-order valence-corrected chi connectivity index (χ0v) is 18.1. The van der Waals surface area contributed by atoms with Gasteiger partial charge in [0, 0.05) is 0 Å². The highest BCUT2D eigenvalue weighted by Gasteiger charge is 2.37. The third kappa shape index (κ3) is 4.90. The summed E-state index contributed by atoms with van der Waals surface area (Å²) in [6.45, 7) is 14.1. The Kier molecular flexibility index (Phi) is 6.15. The van der Waals surface area contributed by atoms with Gasteiger partial charge in [0.1, 0.15) is 11.0 Å². The summed E-state index contributed by atoms with van der Waals surface area (Å²) in [5.41, 5.74) is -0.610. The summed E-state index contributed by atoms with van der Waals surface area (Å²) in [5.74, 6) is 0. The van der Waals surface area contributed by atoms with E-state index in [-0.39, 0.29) is 0 Å². The van der Waals surface area contributed by atoms with Crippen LogP contribution in [-0.2, 0) is 9.31 Å². The highest BCUT2D eigenvalue weighted by atomic mass is 32.1. The molecule has 0 fully saturated rings. The van der Waals surface area contributed by atoms with E-state index in [1.165, 1.54) is 0 Å². The summed E-state index contributed by atoms with van der Waals surface area (Å²) >= 11 is 1.11. The molecular formula is C18H28B2N2O4S. The molecule has 1 aromatic carbocycles. The van der Waals surface area contributed by atoms with Crippen molar-refractivity contribution >= 4 is 48.7 Å². The van der Waals surface area contributed by atoms with Crippen molar-refractivity contribution in [3.63, 3.8) is 0 Å². The first-order valence-corrected chi connectivity index (χ1v) is 9.61. The van der Waals surface area contributed by atoms with E-state index in [2.05, 4.69) is 8.75 Å². The van der Waals surface area contributed by atoms with Crippen molar-refractivity contribution in [1.29, 1.82) is 0 Å². The van der Waals surface area contributed by atoms with Crippen molar-refractivity contribution in [2.24, 2.45) is 0 Å². The molecule has 0 aliphatic heterocycles. The first kappa shape index (κ1) is 22.3. The fourth-order valence-electron chi connectivity index (χ4n) is 1.81. The fourth-order valence-corrected chi connectivity index (χ4v) is 2.39. The zero-order chi connectivity index (χ0) is 20.7. The molecule has 2 rings (SSSR count). The number of hydrogen-bond acceptors (Lipinski definition) is 7. The van der Waals surface area contributed by atoms with Crippen LogP contribution in [0.25, 0.3) is 11.0 Å². The summed E-state index contributed by atoms with van der Waals surface area (Å²) in [4.78, 5) is 0. The Hall–Kier alpha value is -0.990. The lowest BCUT2D eigenvalue weighted by Crippen LogP contribution is -2.49. The Bertz CT molecular complexity index is 731. The van der Waals surface area contributed by atoms with Crippen LogP contribution < -0.4 is 10.9 Å². The summed E-state index contributed by atoms with van der Waals surface area (Å²) < 4.78 is 20.4. The van der Waals surface area contributed by atoms with E-state index in [0.29, 0.717) is 11.0 Å². The molecule has 9 heteroatoms. The number of benzene rings is 1. The van der Waals surface area contributed by atoms with Crippen LogP contribution in [-0.4, -0.2) is 56.3 Å². The van der Waals surface area contributed by atoms with Gasteiger partial charge in [-0.2, -0.15) is 8.75 Å². The predicted octanol–water partition coefficient (Wildman–Crippen LogP) is 1.31. The molecular weight excluding hydrogens is 362 g/mol. The minimum atomic E-state index is -1.01. The molecule has 0 spiro atoms. The maximum Gasteiger partial charge on any atom is 0.333 e. The molecule has 0 aliphatic rings. The molecule has 27 heavy (non-hydrogen) atoms. The Morgan fingerprint density at radius 2 is 1.07 bits per heavy atom. The zero-order valence-electron chi connectivity index (χ0n) is 17.3. The minimum absolute atomic E-state index is 0.699. The molecule has 0 saturated heterocycles. The molecule has 0 unspecified atom stereocenters. The predicted molar refractivity (Wildman–Crippen MR) is 111 cm³/mol. The van der Waals surface area contributed by atoms with Crippen LogP contribution in [0.4, 0.5) is 0 Å². The van der Waals surface area contributed by atoms with Gasteiger partial charge in [-0.3, -0.25) is 0 Å². The van der Waals surface area contributed by atoms with E-state index in [1.807, 2.05) is 39.8 Å². The van der Waals surface area contributed by atoms with E-state index in [4.69, 9.17) is 9.31 Å². The molecule has 146 valence electrons. The van der Waals surface area contributed by atoms with E-state index in [0.717, 1.165) is 22.7 Å². The highest BCUT2D eigenvalue weighted by Crippen LogP contribution is 2.25. The second kappa shape index (κ2) is 7.44. The Morgan fingerprint density at radius 3 is 1.37 bits per heavy atom. The standard InChI is InChI=1S/C18H28B2N2O4S/c1-15(2,23)17(5,6)25-19-11-9-10-12(14-13(11)21-27-22-14)20-26-18(7,8)16(3,4)24/h9-10,23-24H,1-8H3. The van der Waals surface area contributed by atoms with Crippen molar-refractivity contribution in [1.82, 2.24) is 8.75 Å². The molecule has 0 saturated carbocycles. The smallest absolute Gasteiger partial charge is 0.333 e. The second-order valence-corrected chi connectivity index (χ2v) is 9.34. The normalized spacial score (nSPS) is 13.9. The third-order valence-corrected chi connectivity index (χ3v) is 5.91. The molecule has 1 heterocycles. The molecule has 2 aromatic rings. The lowest BCUT2D eigenvalue weighted by atomic mass is 9.77. The van der Waals surface area contributed by atoms with Gasteiger partial charge in [-0.1, -0.05) is 12.1 Å². The van der Waals surface area contributed by atoms with Crippen LogP contribution in [0, 0.1) is 0 Å². The van der Waals surface area contributed by atoms with Gasteiger partial charge in [0.2, 0.25) is 0 Å². The van der Waals surface area contributed by atoms with E-state index in [9.17, 15) is 10.2 Å². The van der Waals surface area contributed by atoms with Crippen LogP contribution in [0.3, 0.4) is 0 Å². The van der Waals surface area contributed by atoms with E-state index < -0.39 is 22.4 Å². The van der Waals surface area contributed by atoms with Crippen LogP contribution in [0.1, 0.15) is 55.4 Å². The van der Waals surface area contributed by atoms with Crippen molar-refractivity contribution in [2.75, 3.05) is 0 Å². The van der Waals surface area contributed by atoms with Crippen LogP contribution >= 0.6 is 11.7 Å². The Morgan fingerprint density at radius 1 is 0.741 bits per heavy atom. The van der Waals surface area contributed by atoms with Gasteiger partial charge >= 0.3 is 15.0 Å². The van der Waals surface area contributed by atoms with Crippen molar-refractivity contribution < 1.29 is 19.5 Å². The molecule has 0 atom stereocenters. The number of aromatic nitrogens is 2. The van der Waals surface area contributed by atoms with Gasteiger partial charge in [-0.05, 0) is 66.3 Å². The van der Waals surface area contributed by atoms with Gasteiger partial charge in [0.25, 0.3) is 0 Å². The summed E-state index contributed by atoms with van der Waals surface area (Å²) in [6.07, 6.45) is 0. The molecule has 2 N–H and O–H groups in total. The van der Waals surface area contributed by atoms with Crippen molar-refractivity contribution in [2.45, 2.75) is 77.8 Å². The van der Waals surface area contributed by atoms with Gasteiger partial charge in [0.15, 0.2) is 0 Å². The lowest BCUT2D eigenvalue weighted by molar-refractivity contribution is -0.0893.